The number of nitrogens with zero attached hydrogens (tertiary/aromatic N) is 3. The van der Waals surface area contributed by atoms with Crippen molar-refractivity contribution in [3.63, 3.8) is 0 Å². The van der Waals surface area contributed by atoms with Crippen LogP contribution in [0.3, 0.4) is 0 Å². The third-order valence-electron chi connectivity index (χ3n) is 5.41. The van der Waals surface area contributed by atoms with Crippen molar-refractivity contribution in [2.75, 3.05) is 5.32 Å². The quantitative estimate of drug-likeness (QED) is 0.538. The standard InChI is InChI=1S/C21H29F3N6O3/c1-12(2)30-11-14(10-25-30)6-19(31)27-18-8-17(28-29-18)15-4-5-16(7-15)33-20(32)26-13(3)9-21(22,23)24/h8,10-13,15-16H,4-7,9H2,1-3H3,(H,26,32)(H2,27,28,29,31)/t13?,15-,16?/m0/s1. The Morgan fingerprint density at radius 2 is 2.06 bits per heavy atom. The molecule has 12 heteroatoms. The number of amides is 2. The van der Waals surface area contributed by atoms with E-state index in [0.29, 0.717) is 18.7 Å². The number of aromatic nitrogens is 4. The van der Waals surface area contributed by atoms with Gasteiger partial charge in [-0.15, -0.1) is 0 Å². The van der Waals surface area contributed by atoms with Gasteiger partial charge in [-0.25, -0.2) is 4.79 Å². The molecule has 1 fully saturated rings. The molecule has 182 valence electrons. The molecule has 33 heavy (non-hydrogen) atoms. The second kappa shape index (κ2) is 10.3. The number of hydrogen-bond donors (Lipinski definition) is 3. The van der Waals surface area contributed by atoms with Crippen molar-refractivity contribution < 1.29 is 27.5 Å². The number of ether oxygens (including phenoxy) is 1. The molecular weight excluding hydrogens is 441 g/mol. The van der Waals surface area contributed by atoms with Gasteiger partial charge in [-0.3, -0.25) is 14.6 Å². The zero-order chi connectivity index (χ0) is 24.2. The SMILES string of the molecule is CC(CC(F)(F)F)NC(=O)OC1CC[C@H](c2cc(NC(=O)Cc3cnn(C(C)C)c3)n[nH]2)C1. The Balaban J connectivity index is 1.45. The van der Waals surface area contributed by atoms with E-state index in [4.69, 9.17) is 4.74 Å². The molecule has 2 heterocycles. The molecule has 0 spiro atoms. The lowest BCUT2D eigenvalue weighted by atomic mass is 10.0. The highest BCUT2D eigenvalue weighted by atomic mass is 19.4. The maximum atomic E-state index is 12.4. The highest BCUT2D eigenvalue weighted by Gasteiger charge is 2.33. The topological polar surface area (TPSA) is 114 Å². The number of alkyl carbamates (subject to hydrolysis) is 1. The molecule has 0 aliphatic heterocycles. The Morgan fingerprint density at radius 3 is 2.73 bits per heavy atom. The van der Waals surface area contributed by atoms with Gasteiger partial charge in [0.25, 0.3) is 0 Å². The number of nitrogens with one attached hydrogen (secondary N) is 3. The highest BCUT2D eigenvalue weighted by Crippen LogP contribution is 2.36. The van der Waals surface area contributed by atoms with Gasteiger partial charge in [0.1, 0.15) is 6.10 Å². The first-order valence-electron chi connectivity index (χ1n) is 10.9. The van der Waals surface area contributed by atoms with Crippen molar-refractivity contribution in [2.24, 2.45) is 0 Å². The molecule has 2 aromatic heterocycles. The van der Waals surface area contributed by atoms with Gasteiger partial charge in [0.05, 0.1) is 19.0 Å². The fourth-order valence-electron chi connectivity index (χ4n) is 3.85. The summed E-state index contributed by atoms with van der Waals surface area (Å²) in [5, 5.41) is 16.2. The number of carbonyl (C=O) groups is 2. The molecule has 2 unspecified atom stereocenters. The Kier molecular flexibility index (Phi) is 7.65. The van der Waals surface area contributed by atoms with Crippen LogP contribution in [-0.4, -0.2) is 50.3 Å². The summed E-state index contributed by atoms with van der Waals surface area (Å²) in [5.74, 6) is 0.223. The first-order valence-corrected chi connectivity index (χ1v) is 10.9. The zero-order valence-corrected chi connectivity index (χ0v) is 18.8. The van der Waals surface area contributed by atoms with Crippen LogP contribution in [0.25, 0.3) is 0 Å². The van der Waals surface area contributed by atoms with Crippen molar-refractivity contribution >= 4 is 17.8 Å². The number of halogens is 3. The number of rotatable bonds is 8. The van der Waals surface area contributed by atoms with Crippen LogP contribution in [0.5, 0.6) is 0 Å². The van der Waals surface area contributed by atoms with Crippen LogP contribution in [0, 0.1) is 0 Å². The molecule has 9 nitrogen and oxygen atoms in total. The van der Waals surface area contributed by atoms with Crippen molar-refractivity contribution in [1.29, 1.82) is 0 Å². The maximum Gasteiger partial charge on any atom is 0.407 e. The summed E-state index contributed by atoms with van der Waals surface area (Å²) in [6.07, 6.45) is -1.21. The Morgan fingerprint density at radius 1 is 1.30 bits per heavy atom. The highest BCUT2D eigenvalue weighted by molar-refractivity contribution is 5.91. The van der Waals surface area contributed by atoms with Crippen LogP contribution in [0.4, 0.5) is 23.8 Å². The second-order valence-electron chi connectivity index (χ2n) is 8.76. The largest absolute Gasteiger partial charge is 0.446 e. The normalized spacial score (nSPS) is 19.5. The number of aromatic amines is 1. The molecule has 0 aromatic carbocycles. The van der Waals surface area contributed by atoms with Crippen LogP contribution in [-0.2, 0) is 16.0 Å². The molecule has 0 radical (unpaired) electrons. The predicted molar refractivity (Wildman–Crippen MR) is 114 cm³/mol. The third-order valence-corrected chi connectivity index (χ3v) is 5.41. The summed E-state index contributed by atoms with van der Waals surface area (Å²) in [4.78, 5) is 24.2. The first-order chi connectivity index (χ1) is 15.5. The Bertz CT molecular complexity index is 955. The summed E-state index contributed by atoms with van der Waals surface area (Å²) in [6.45, 7) is 5.28. The minimum Gasteiger partial charge on any atom is -0.446 e. The van der Waals surface area contributed by atoms with Gasteiger partial charge in [0, 0.05) is 36.0 Å². The molecular formula is C21H29F3N6O3. The van der Waals surface area contributed by atoms with Crippen LogP contribution < -0.4 is 10.6 Å². The molecule has 1 saturated carbocycles. The minimum absolute atomic E-state index is 0.0397. The molecule has 1 aliphatic carbocycles. The molecule has 3 rings (SSSR count). The molecule has 1 aliphatic rings. The van der Waals surface area contributed by atoms with Gasteiger partial charge in [-0.05, 0) is 45.6 Å². The number of H-pyrrole nitrogens is 1. The van der Waals surface area contributed by atoms with E-state index < -0.39 is 30.8 Å². The zero-order valence-electron chi connectivity index (χ0n) is 18.8. The lowest BCUT2D eigenvalue weighted by molar-refractivity contribution is -0.138. The van der Waals surface area contributed by atoms with Crippen molar-refractivity contribution in [3.8, 4) is 0 Å². The summed E-state index contributed by atoms with van der Waals surface area (Å²) in [7, 11) is 0. The van der Waals surface area contributed by atoms with E-state index in [1.54, 1.807) is 16.9 Å². The first kappa shape index (κ1) is 24.6. The van der Waals surface area contributed by atoms with Crippen molar-refractivity contribution in [1.82, 2.24) is 25.3 Å². The monoisotopic (exact) mass is 470 g/mol. The Labute approximate surface area is 189 Å². The van der Waals surface area contributed by atoms with E-state index in [2.05, 4.69) is 25.9 Å². The predicted octanol–water partition coefficient (Wildman–Crippen LogP) is 4.07. The third kappa shape index (κ3) is 7.50. The number of alkyl halides is 3. The fourth-order valence-corrected chi connectivity index (χ4v) is 3.85. The van der Waals surface area contributed by atoms with E-state index in [1.807, 2.05) is 20.0 Å². The van der Waals surface area contributed by atoms with E-state index in [1.165, 1.54) is 6.92 Å². The van der Waals surface area contributed by atoms with Crippen molar-refractivity contribution in [3.05, 3.63) is 29.7 Å². The number of anilines is 1. The van der Waals surface area contributed by atoms with Gasteiger partial charge in [-0.2, -0.15) is 23.4 Å². The lowest BCUT2D eigenvalue weighted by Crippen LogP contribution is -2.37. The second-order valence-corrected chi connectivity index (χ2v) is 8.76. The van der Waals surface area contributed by atoms with Crippen LogP contribution >= 0.6 is 0 Å². The van der Waals surface area contributed by atoms with Gasteiger partial charge >= 0.3 is 12.3 Å². The summed E-state index contributed by atoms with van der Waals surface area (Å²) < 4.78 is 44.2. The van der Waals surface area contributed by atoms with E-state index >= 15 is 0 Å². The molecule has 3 atom stereocenters. The molecule has 2 aromatic rings. The molecule has 0 bridgehead atoms. The lowest BCUT2D eigenvalue weighted by Gasteiger charge is -2.18. The van der Waals surface area contributed by atoms with Gasteiger partial charge in [-0.1, -0.05) is 0 Å². The van der Waals surface area contributed by atoms with Crippen molar-refractivity contribution in [2.45, 2.75) is 83.2 Å². The molecule has 2 amide bonds. The van der Waals surface area contributed by atoms with Crippen LogP contribution in [0.2, 0.25) is 0 Å². The minimum atomic E-state index is -4.35. The summed E-state index contributed by atoms with van der Waals surface area (Å²) in [6, 6.07) is 0.894. The van der Waals surface area contributed by atoms with Gasteiger partial charge < -0.3 is 15.4 Å². The number of carbonyl (C=O) groups excluding carboxylic acids is 2. The number of hydrogen-bond acceptors (Lipinski definition) is 5. The summed E-state index contributed by atoms with van der Waals surface area (Å²) in [5.41, 5.74) is 1.60. The van der Waals surface area contributed by atoms with E-state index in [0.717, 1.165) is 17.7 Å². The Hall–Kier alpha value is -3.05. The average molecular weight is 470 g/mol. The van der Waals surface area contributed by atoms with Crippen LogP contribution in [0.1, 0.15) is 69.7 Å². The average Bonchev–Trinajstić information content (AvgIpc) is 3.40. The van der Waals surface area contributed by atoms with E-state index in [9.17, 15) is 22.8 Å². The van der Waals surface area contributed by atoms with Crippen LogP contribution in [0.15, 0.2) is 18.5 Å². The molecule has 3 N–H and O–H groups in total. The smallest absolute Gasteiger partial charge is 0.407 e. The molecule has 0 saturated heterocycles. The fraction of sp³-hybridized carbons (Fsp3) is 0.619. The van der Waals surface area contributed by atoms with Gasteiger partial charge in [0.15, 0.2) is 5.82 Å². The summed E-state index contributed by atoms with van der Waals surface area (Å²) >= 11 is 0. The maximum absolute atomic E-state index is 12.4. The van der Waals surface area contributed by atoms with E-state index in [-0.39, 0.29) is 24.3 Å². The van der Waals surface area contributed by atoms with Gasteiger partial charge in [0.2, 0.25) is 5.91 Å².